The van der Waals surface area contributed by atoms with Crippen molar-refractivity contribution in [3.05, 3.63) is 0 Å². The molecule has 0 aromatic heterocycles. The van der Waals surface area contributed by atoms with E-state index < -0.39 is 11.5 Å². The zero-order valence-electron chi connectivity index (χ0n) is 9.21. The third-order valence-electron chi connectivity index (χ3n) is 2.72. The Morgan fingerprint density at radius 2 is 2.21 bits per heavy atom. The van der Waals surface area contributed by atoms with E-state index in [0.717, 1.165) is 25.9 Å². The molecular weight excluding hydrogens is 180 g/mol. The number of likely N-dealkylation sites (tertiary alicyclic amines) is 1. The van der Waals surface area contributed by atoms with Crippen LogP contribution in [-0.2, 0) is 4.79 Å². The van der Waals surface area contributed by atoms with Gasteiger partial charge in [0.1, 0.15) is 5.54 Å². The molecule has 4 heteroatoms. The van der Waals surface area contributed by atoms with Crippen LogP contribution in [0.4, 0.5) is 0 Å². The van der Waals surface area contributed by atoms with Crippen molar-refractivity contribution in [2.24, 2.45) is 0 Å². The van der Waals surface area contributed by atoms with E-state index in [2.05, 4.69) is 17.3 Å². The molecule has 1 saturated heterocycles. The number of aliphatic carboxylic acids is 1. The molecule has 1 aliphatic heterocycles. The predicted molar refractivity (Wildman–Crippen MR) is 55.4 cm³/mol. The molecule has 14 heavy (non-hydrogen) atoms. The molecule has 82 valence electrons. The summed E-state index contributed by atoms with van der Waals surface area (Å²) < 4.78 is 0. The summed E-state index contributed by atoms with van der Waals surface area (Å²) >= 11 is 0. The van der Waals surface area contributed by atoms with Crippen LogP contribution < -0.4 is 5.32 Å². The van der Waals surface area contributed by atoms with Gasteiger partial charge < -0.3 is 10.0 Å². The van der Waals surface area contributed by atoms with Crippen LogP contribution in [0.1, 0.15) is 26.7 Å². The van der Waals surface area contributed by atoms with Crippen LogP contribution in [0, 0.1) is 0 Å². The number of carbonyl (C=O) groups is 1. The second-order valence-electron chi connectivity index (χ2n) is 4.68. The Labute approximate surface area is 85.3 Å². The minimum Gasteiger partial charge on any atom is -0.480 e. The molecule has 0 bridgehead atoms. The van der Waals surface area contributed by atoms with Crippen LogP contribution in [0.3, 0.4) is 0 Å². The lowest BCUT2D eigenvalue weighted by atomic mass is 10.00. The summed E-state index contributed by atoms with van der Waals surface area (Å²) in [4.78, 5) is 13.1. The molecule has 0 aromatic carbocycles. The van der Waals surface area contributed by atoms with Gasteiger partial charge in [-0.25, -0.2) is 0 Å². The second-order valence-corrected chi connectivity index (χ2v) is 4.68. The van der Waals surface area contributed by atoms with Crippen molar-refractivity contribution in [3.8, 4) is 0 Å². The van der Waals surface area contributed by atoms with Crippen molar-refractivity contribution in [2.75, 3.05) is 20.1 Å². The van der Waals surface area contributed by atoms with Crippen LogP contribution in [0.15, 0.2) is 0 Å². The maximum absolute atomic E-state index is 10.9. The van der Waals surface area contributed by atoms with E-state index in [9.17, 15) is 4.79 Å². The predicted octanol–water partition coefficient (Wildman–Crippen LogP) is 0.533. The molecular formula is C10H20N2O2. The minimum atomic E-state index is -0.817. The lowest BCUT2D eigenvalue weighted by molar-refractivity contribution is -0.143. The van der Waals surface area contributed by atoms with Gasteiger partial charge in [0.25, 0.3) is 0 Å². The molecule has 0 aliphatic carbocycles. The van der Waals surface area contributed by atoms with Crippen molar-refractivity contribution in [2.45, 2.75) is 38.3 Å². The van der Waals surface area contributed by atoms with E-state index in [4.69, 9.17) is 5.11 Å². The first kappa shape index (κ1) is 11.5. The third-order valence-corrected chi connectivity index (χ3v) is 2.72. The third kappa shape index (κ3) is 2.96. The van der Waals surface area contributed by atoms with Crippen molar-refractivity contribution < 1.29 is 9.90 Å². The van der Waals surface area contributed by atoms with Crippen LogP contribution in [0.5, 0.6) is 0 Å². The number of nitrogens with one attached hydrogen (secondary N) is 1. The summed E-state index contributed by atoms with van der Waals surface area (Å²) in [5.74, 6) is -0.786. The number of piperidine rings is 1. The summed E-state index contributed by atoms with van der Waals surface area (Å²) in [5, 5.41) is 12.1. The van der Waals surface area contributed by atoms with Crippen molar-refractivity contribution in [1.29, 1.82) is 0 Å². The monoisotopic (exact) mass is 200 g/mol. The van der Waals surface area contributed by atoms with E-state index in [0.29, 0.717) is 6.04 Å². The Bertz CT molecular complexity index is 216. The Hall–Kier alpha value is -0.610. The van der Waals surface area contributed by atoms with E-state index >= 15 is 0 Å². The van der Waals surface area contributed by atoms with E-state index in [1.807, 2.05) is 0 Å². The molecule has 1 heterocycles. The zero-order chi connectivity index (χ0) is 10.8. The van der Waals surface area contributed by atoms with Gasteiger partial charge in [-0.1, -0.05) is 0 Å². The SMILES string of the molecule is CN1CCCC(NC(C)(C)C(=O)O)C1. The highest BCUT2D eigenvalue weighted by Gasteiger charge is 2.30. The van der Waals surface area contributed by atoms with Crippen LogP contribution in [0.2, 0.25) is 0 Å². The number of rotatable bonds is 3. The smallest absolute Gasteiger partial charge is 0.323 e. The number of hydrogen-bond donors (Lipinski definition) is 2. The molecule has 0 radical (unpaired) electrons. The average Bonchev–Trinajstić information content (AvgIpc) is 2.02. The fraction of sp³-hybridized carbons (Fsp3) is 0.900. The van der Waals surface area contributed by atoms with E-state index in [-0.39, 0.29) is 0 Å². The first-order valence-electron chi connectivity index (χ1n) is 5.11. The largest absolute Gasteiger partial charge is 0.480 e. The molecule has 2 N–H and O–H groups in total. The topological polar surface area (TPSA) is 52.6 Å². The van der Waals surface area contributed by atoms with Gasteiger partial charge in [0.2, 0.25) is 0 Å². The standard InChI is InChI=1S/C10H20N2O2/c1-10(2,9(13)14)11-8-5-4-6-12(3)7-8/h8,11H,4-7H2,1-3H3,(H,13,14). The van der Waals surface area contributed by atoms with Crippen LogP contribution in [-0.4, -0.2) is 47.7 Å². The minimum absolute atomic E-state index is 0.305. The molecule has 1 atom stereocenters. The molecule has 0 amide bonds. The molecule has 1 rings (SSSR count). The number of hydrogen-bond acceptors (Lipinski definition) is 3. The Morgan fingerprint density at radius 3 is 2.71 bits per heavy atom. The highest BCUT2D eigenvalue weighted by atomic mass is 16.4. The van der Waals surface area contributed by atoms with E-state index in [1.165, 1.54) is 0 Å². The van der Waals surface area contributed by atoms with Crippen LogP contribution >= 0.6 is 0 Å². The summed E-state index contributed by atoms with van der Waals surface area (Å²) in [6.07, 6.45) is 2.21. The molecule has 1 fully saturated rings. The van der Waals surface area contributed by atoms with Crippen molar-refractivity contribution >= 4 is 5.97 Å². The zero-order valence-corrected chi connectivity index (χ0v) is 9.21. The quantitative estimate of drug-likeness (QED) is 0.698. The van der Waals surface area contributed by atoms with Crippen molar-refractivity contribution in [3.63, 3.8) is 0 Å². The van der Waals surface area contributed by atoms with Gasteiger partial charge in [0.15, 0.2) is 0 Å². The van der Waals surface area contributed by atoms with Gasteiger partial charge in [-0.3, -0.25) is 10.1 Å². The molecule has 0 spiro atoms. The molecule has 0 aromatic rings. The van der Waals surface area contributed by atoms with Gasteiger partial charge in [0, 0.05) is 12.6 Å². The average molecular weight is 200 g/mol. The van der Waals surface area contributed by atoms with Gasteiger partial charge in [0.05, 0.1) is 0 Å². The van der Waals surface area contributed by atoms with Gasteiger partial charge in [-0.15, -0.1) is 0 Å². The Morgan fingerprint density at radius 1 is 1.57 bits per heavy atom. The number of nitrogens with zero attached hydrogens (tertiary/aromatic N) is 1. The lowest BCUT2D eigenvalue weighted by Crippen LogP contribution is -2.55. The summed E-state index contributed by atoms with van der Waals surface area (Å²) in [6, 6.07) is 0.305. The first-order valence-corrected chi connectivity index (χ1v) is 5.11. The Kier molecular flexibility index (Phi) is 3.50. The van der Waals surface area contributed by atoms with E-state index in [1.54, 1.807) is 13.8 Å². The summed E-state index contributed by atoms with van der Waals surface area (Å²) in [5.41, 5.74) is -0.817. The van der Waals surface area contributed by atoms with Gasteiger partial charge in [-0.05, 0) is 40.3 Å². The molecule has 1 unspecified atom stereocenters. The normalized spacial score (nSPS) is 24.9. The maximum Gasteiger partial charge on any atom is 0.323 e. The summed E-state index contributed by atoms with van der Waals surface area (Å²) in [7, 11) is 2.07. The highest BCUT2D eigenvalue weighted by molar-refractivity contribution is 5.77. The van der Waals surface area contributed by atoms with Gasteiger partial charge >= 0.3 is 5.97 Å². The number of likely N-dealkylation sites (N-methyl/N-ethyl adjacent to an activating group) is 1. The number of carboxylic acid groups (broad SMARTS) is 1. The Balaban J connectivity index is 2.47. The number of carboxylic acids is 1. The fourth-order valence-corrected chi connectivity index (χ4v) is 1.86. The molecule has 1 aliphatic rings. The fourth-order valence-electron chi connectivity index (χ4n) is 1.86. The lowest BCUT2D eigenvalue weighted by Gasteiger charge is -2.34. The van der Waals surface area contributed by atoms with Gasteiger partial charge in [-0.2, -0.15) is 0 Å². The summed E-state index contributed by atoms with van der Waals surface area (Å²) in [6.45, 7) is 5.48. The maximum atomic E-state index is 10.9. The molecule has 0 saturated carbocycles. The highest BCUT2D eigenvalue weighted by Crippen LogP contribution is 2.12. The molecule has 4 nitrogen and oxygen atoms in total. The van der Waals surface area contributed by atoms with Crippen molar-refractivity contribution in [1.82, 2.24) is 10.2 Å². The van der Waals surface area contributed by atoms with Crippen LogP contribution in [0.25, 0.3) is 0 Å². The first-order chi connectivity index (χ1) is 6.42. The second kappa shape index (κ2) is 4.28.